The van der Waals surface area contributed by atoms with Crippen molar-refractivity contribution < 1.29 is 14.2 Å². The third-order valence-corrected chi connectivity index (χ3v) is 4.93. The minimum atomic E-state index is -0.836. The first-order valence-corrected chi connectivity index (χ1v) is 9.75. The van der Waals surface area contributed by atoms with E-state index in [1.165, 1.54) is 0 Å². The molecule has 6 heteroatoms. The van der Waals surface area contributed by atoms with Crippen LogP contribution in [0, 0.1) is 11.3 Å². The van der Waals surface area contributed by atoms with Crippen LogP contribution in [-0.4, -0.2) is 17.4 Å². The van der Waals surface area contributed by atoms with E-state index in [1.54, 1.807) is 0 Å². The minimum Gasteiger partial charge on any atom is -0.452 e. The molecular weight excluding hydrogens is 378 g/mol. The normalized spacial score (nSPS) is 18.5. The van der Waals surface area contributed by atoms with Gasteiger partial charge in [-0.3, -0.25) is 0 Å². The Hall–Kier alpha value is -3.40. The number of nitrogen functional groups attached to an aromatic ring is 1. The van der Waals surface area contributed by atoms with Gasteiger partial charge in [0, 0.05) is 16.7 Å². The van der Waals surface area contributed by atoms with Crippen molar-refractivity contribution in [1.82, 2.24) is 4.98 Å². The molecule has 4 rings (SSSR count). The molecule has 0 amide bonds. The summed E-state index contributed by atoms with van der Waals surface area (Å²) < 4.78 is 17.8. The second kappa shape index (κ2) is 8.15. The van der Waals surface area contributed by atoms with Crippen molar-refractivity contribution in [3.05, 3.63) is 77.9 Å². The zero-order chi connectivity index (χ0) is 21.1. The number of hydrogen-bond acceptors (Lipinski definition) is 6. The third-order valence-electron chi connectivity index (χ3n) is 4.93. The van der Waals surface area contributed by atoms with E-state index in [0.29, 0.717) is 18.0 Å². The van der Waals surface area contributed by atoms with Crippen LogP contribution in [0.5, 0.6) is 5.88 Å². The van der Waals surface area contributed by atoms with Crippen LogP contribution in [0.1, 0.15) is 37.2 Å². The molecule has 0 saturated carbocycles. The van der Waals surface area contributed by atoms with Gasteiger partial charge in [0.05, 0.1) is 12.3 Å². The van der Waals surface area contributed by atoms with Gasteiger partial charge in [0.2, 0.25) is 12.0 Å². The number of nitrogens with two attached hydrogens (primary N) is 1. The highest BCUT2D eigenvalue weighted by Crippen LogP contribution is 2.40. The van der Waals surface area contributed by atoms with Gasteiger partial charge in [-0.2, -0.15) is 5.26 Å². The molecule has 1 aromatic heterocycles. The Morgan fingerprint density at radius 2 is 1.80 bits per heavy atom. The Bertz CT molecular complexity index is 1060. The number of nitrogens with zero attached hydrogens (tertiary/aromatic N) is 2. The summed E-state index contributed by atoms with van der Waals surface area (Å²) in [7, 11) is 0. The van der Waals surface area contributed by atoms with E-state index < -0.39 is 11.9 Å². The van der Waals surface area contributed by atoms with Crippen molar-refractivity contribution in [2.45, 2.75) is 31.8 Å². The number of pyridine rings is 1. The van der Waals surface area contributed by atoms with Crippen molar-refractivity contribution in [2.24, 2.45) is 0 Å². The molecule has 1 aliphatic heterocycles. The predicted octanol–water partition coefficient (Wildman–Crippen LogP) is 4.80. The summed E-state index contributed by atoms with van der Waals surface area (Å²) >= 11 is 0. The summed E-state index contributed by atoms with van der Waals surface area (Å²) in [6, 6.07) is 23.1. The lowest BCUT2D eigenvalue weighted by molar-refractivity contribution is -0.139. The zero-order valence-corrected chi connectivity index (χ0v) is 16.9. The SMILES string of the molecule is CC1(C)OCC(c2cc(-c3ccccc3)nc(OC(C#N)c3ccccc3)c2N)O1. The number of aromatic nitrogens is 1. The summed E-state index contributed by atoms with van der Waals surface area (Å²) in [4.78, 5) is 4.63. The largest absolute Gasteiger partial charge is 0.452 e. The Morgan fingerprint density at radius 3 is 2.40 bits per heavy atom. The lowest BCUT2D eigenvalue weighted by Gasteiger charge is -2.21. The predicted molar refractivity (Wildman–Crippen MR) is 113 cm³/mol. The van der Waals surface area contributed by atoms with Gasteiger partial charge in [-0.25, -0.2) is 4.98 Å². The molecule has 0 aliphatic carbocycles. The van der Waals surface area contributed by atoms with Crippen molar-refractivity contribution in [3.63, 3.8) is 0 Å². The van der Waals surface area contributed by atoms with Crippen LogP contribution in [-0.2, 0) is 9.47 Å². The first-order chi connectivity index (χ1) is 14.5. The van der Waals surface area contributed by atoms with Gasteiger partial charge >= 0.3 is 0 Å². The molecule has 2 heterocycles. The lowest BCUT2D eigenvalue weighted by atomic mass is 10.0. The quantitative estimate of drug-likeness (QED) is 0.660. The van der Waals surface area contributed by atoms with Gasteiger partial charge in [-0.1, -0.05) is 60.7 Å². The van der Waals surface area contributed by atoms with Crippen LogP contribution in [0.15, 0.2) is 66.7 Å². The Morgan fingerprint density at radius 1 is 1.13 bits per heavy atom. The number of anilines is 1. The highest BCUT2D eigenvalue weighted by molar-refractivity contribution is 5.67. The van der Waals surface area contributed by atoms with Gasteiger partial charge in [0.1, 0.15) is 17.9 Å². The lowest BCUT2D eigenvalue weighted by Crippen LogP contribution is -2.20. The fourth-order valence-corrected chi connectivity index (χ4v) is 3.41. The van der Waals surface area contributed by atoms with Crippen molar-refractivity contribution in [3.8, 4) is 23.2 Å². The number of benzene rings is 2. The molecule has 0 bridgehead atoms. The fraction of sp³-hybridized carbons (Fsp3) is 0.250. The molecule has 1 aliphatic rings. The van der Waals surface area contributed by atoms with Gasteiger partial charge in [-0.15, -0.1) is 0 Å². The van der Waals surface area contributed by atoms with Gasteiger partial charge < -0.3 is 19.9 Å². The maximum Gasteiger partial charge on any atom is 0.239 e. The summed E-state index contributed by atoms with van der Waals surface area (Å²) in [5.74, 6) is -0.497. The summed E-state index contributed by atoms with van der Waals surface area (Å²) in [6.07, 6.45) is -1.19. The molecular formula is C24H23N3O3. The first kappa shape index (κ1) is 19.9. The number of rotatable bonds is 5. The molecule has 0 radical (unpaired) electrons. The van der Waals surface area contributed by atoms with Crippen molar-refractivity contribution in [2.75, 3.05) is 12.3 Å². The molecule has 2 N–H and O–H groups in total. The highest BCUT2D eigenvalue weighted by atomic mass is 16.7. The van der Waals surface area contributed by atoms with Crippen molar-refractivity contribution in [1.29, 1.82) is 5.26 Å². The Kier molecular flexibility index (Phi) is 5.40. The van der Waals surface area contributed by atoms with E-state index in [2.05, 4.69) is 11.1 Å². The van der Waals surface area contributed by atoms with E-state index in [1.807, 2.05) is 80.6 Å². The molecule has 1 saturated heterocycles. The van der Waals surface area contributed by atoms with Crippen LogP contribution in [0.2, 0.25) is 0 Å². The third kappa shape index (κ3) is 4.13. The summed E-state index contributed by atoms with van der Waals surface area (Å²) in [5, 5.41) is 9.68. The number of ether oxygens (including phenoxy) is 3. The van der Waals surface area contributed by atoms with Crippen LogP contribution in [0.3, 0.4) is 0 Å². The van der Waals surface area contributed by atoms with Gasteiger partial charge in [-0.05, 0) is 19.9 Å². The number of nitriles is 1. The Labute approximate surface area is 175 Å². The van der Waals surface area contributed by atoms with E-state index in [-0.39, 0.29) is 12.0 Å². The summed E-state index contributed by atoms with van der Waals surface area (Å²) in [5.41, 5.74) is 9.85. The Balaban J connectivity index is 1.77. The molecule has 3 aromatic rings. The average Bonchev–Trinajstić information content (AvgIpc) is 3.13. The van der Waals surface area contributed by atoms with Crippen LogP contribution >= 0.6 is 0 Å². The summed E-state index contributed by atoms with van der Waals surface area (Å²) in [6.45, 7) is 4.09. The van der Waals surface area contributed by atoms with E-state index >= 15 is 0 Å². The monoisotopic (exact) mass is 401 g/mol. The van der Waals surface area contributed by atoms with Crippen LogP contribution in [0.4, 0.5) is 5.69 Å². The molecule has 6 nitrogen and oxygen atoms in total. The highest BCUT2D eigenvalue weighted by Gasteiger charge is 2.35. The molecule has 2 atom stereocenters. The topological polar surface area (TPSA) is 90.4 Å². The zero-order valence-electron chi connectivity index (χ0n) is 16.9. The fourth-order valence-electron chi connectivity index (χ4n) is 3.41. The molecule has 1 fully saturated rings. The second-order valence-electron chi connectivity index (χ2n) is 7.54. The van der Waals surface area contributed by atoms with E-state index in [4.69, 9.17) is 19.9 Å². The molecule has 152 valence electrons. The number of hydrogen-bond donors (Lipinski definition) is 1. The van der Waals surface area contributed by atoms with Gasteiger partial charge in [0.15, 0.2) is 5.79 Å². The molecule has 0 spiro atoms. The van der Waals surface area contributed by atoms with Crippen molar-refractivity contribution >= 4 is 5.69 Å². The van der Waals surface area contributed by atoms with Crippen LogP contribution in [0.25, 0.3) is 11.3 Å². The molecule has 30 heavy (non-hydrogen) atoms. The molecule has 2 aromatic carbocycles. The van der Waals surface area contributed by atoms with Crippen LogP contribution < -0.4 is 10.5 Å². The van der Waals surface area contributed by atoms with E-state index in [0.717, 1.165) is 16.7 Å². The molecule has 2 unspecified atom stereocenters. The van der Waals surface area contributed by atoms with Gasteiger partial charge in [0.25, 0.3) is 0 Å². The maximum atomic E-state index is 9.68. The smallest absolute Gasteiger partial charge is 0.239 e. The van der Waals surface area contributed by atoms with E-state index in [9.17, 15) is 5.26 Å². The standard InChI is InChI=1S/C24H23N3O3/c1-24(2)28-15-21(30-24)18-13-19(16-9-5-3-6-10-16)27-23(22(18)26)29-20(14-25)17-11-7-4-8-12-17/h3-13,20-21H,15,26H2,1-2H3. The average molecular weight is 401 g/mol. The second-order valence-corrected chi connectivity index (χ2v) is 7.54. The minimum absolute atomic E-state index is 0.204. The maximum absolute atomic E-state index is 9.68. The first-order valence-electron chi connectivity index (χ1n) is 9.75.